The molecule has 104 valence electrons. The van der Waals surface area contributed by atoms with Crippen LogP contribution in [0.5, 0.6) is 0 Å². The van der Waals surface area contributed by atoms with Gasteiger partial charge in [0.2, 0.25) is 5.91 Å². The van der Waals surface area contributed by atoms with E-state index in [-0.39, 0.29) is 5.91 Å². The van der Waals surface area contributed by atoms with Gasteiger partial charge in [-0.3, -0.25) is 4.79 Å². The highest BCUT2D eigenvalue weighted by molar-refractivity contribution is 7.80. The Morgan fingerprint density at radius 1 is 1.05 bits per heavy atom. The van der Waals surface area contributed by atoms with E-state index in [1.807, 2.05) is 42.5 Å². The summed E-state index contributed by atoms with van der Waals surface area (Å²) in [6, 6.07) is 15.8. The van der Waals surface area contributed by atoms with Gasteiger partial charge in [0.25, 0.3) is 0 Å². The number of amides is 1. The van der Waals surface area contributed by atoms with E-state index in [1.165, 1.54) is 5.56 Å². The Labute approximate surface area is 124 Å². The molecule has 0 fully saturated rings. The molecule has 4 heteroatoms. The zero-order chi connectivity index (χ0) is 14.4. The first-order chi connectivity index (χ1) is 9.69. The van der Waals surface area contributed by atoms with Crippen molar-refractivity contribution in [2.75, 3.05) is 16.4 Å². The minimum atomic E-state index is -0.0142. The minimum Gasteiger partial charge on any atom is -0.355 e. The first kappa shape index (κ1) is 14.5. The van der Waals surface area contributed by atoms with Crippen LogP contribution in [0.3, 0.4) is 0 Å². The molecule has 2 aromatic rings. The fraction of sp³-hybridized carbons (Fsp3) is 0.188. The Balaban J connectivity index is 2.02. The SMILES string of the molecule is Cc1ccccc1Nc1ccc(NC(=O)CCS)cc1. The fourth-order valence-electron chi connectivity index (χ4n) is 1.83. The summed E-state index contributed by atoms with van der Waals surface area (Å²) in [4.78, 5) is 11.5. The number of benzene rings is 2. The van der Waals surface area contributed by atoms with Crippen molar-refractivity contribution in [1.82, 2.24) is 0 Å². The van der Waals surface area contributed by atoms with Crippen LogP contribution in [-0.4, -0.2) is 11.7 Å². The number of aryl methyl sites for hydroxylation is 1. The third kappa shape index (κ3) is 4.03. The molecule has 2 rings (SSSR count). The average Bonchev–Trinajstić information content (AvgIpc) is 2.44. The number of anilines is 3. The lowest BCUT2D eigenvalue weighted by Crippen LogP contribution is -2.11. The lowest BCUT2D eigenvalue weighted by atomic mass is 10.2. The number of hydrogen-bond donors (Lipinski definition) is 3. The summed E-state index contributed by atoms with van der Waals surface area (Å²) in [5.41, 5.74) is 4.07. The van der Waals surface area contributed by atoms with Gasteiger partial charge >= 0.3 is 0 Å². The molecule has 0 heterocycles. The van der Waals surface area contributed by atoms with Crippen molar-refractivity contribution in [3.8, 4) is 0 Å². The van der Waals surface area contributed by atoms with Crippen molar-refractivity contribution in [3.63, 3.8) is 0 Å². The quantitative estimate of drug-likeness (QED) is 0.727. The summed E-state index contributed by atoms with van der Waals surface area (Å²) >= 11 is 4.04. The molecule has 0 unspecified atom stereocenters. The Bertz CT molecular complexity index is 581. The molecular formula is C16H18N2OS. The van der Waals surface area contributed by atoms with E-state index in [0.29, 0.717) is 12.2 Å². The first-order valence-corrected chi connectivity index (χ1v) is 7.16. The van der Waals surface area contributed by atoms with E-state index in [9.17, 15) is 4.79 Å². The molecule has 0 radical (unpaired) electrons. The van der Waals surface area contributed by atoms with Crippen molar-refractivity contribution in [3.05, 3.63) is 54.1 Å². The van der Waals surface area contributed by atoms with Gasteiger partial charge in [-0.05, 0) is 48.6 Å². The van der Waals surface area contributed by atoms with Crippen LogP contribution in [0.1, 0.15) is 12.0 Å². The van der Waals surface area contributed by atoms with Crippen molar-refractivity contribution in [1.29, 1.82) is 0 Å². The van der Waals surface area contributed by atoms with Gasteiger partial charge < -0.3 is 10.6 Å². The predicted molar refractivity (Wildman–Crippen MR) is 88.0 cm³/mol. The molecule has 2 N–H and O–H groups in total. The normalized spacial score (nSPS) is 10.1. The smallest absolute Gasteiger partial charge is 0.225 e. The second kappa shape index (κ2) is 7.01. The Morgan fingerprint density at radius 2 is 1.70 bits per heavy atom. The lowest BCUT2D eigenvalue weighted by Gasteiger charge is -2.10. The third-order valence-electron chi connectivity index (χ3n) is 2.93. The summed E-state index contributed by atoms with van der Waals surface area (Å²) in [6.45, 7) is 2.06. The molecular weight excluding hydrogens is 268 g/mol. The highest BCUT2D eigenvalue weighted by atomic mass is 32.1. The minimum absolute atomic E-state index is 0.0142. The first-order valence-electron chi connectivity index (χ1n) is 6.52. The van der Waals surface area contributed by atoms with Gasteiger partial charge in [0.1, 0.15) is 0 Å². The van der Waals surface area contributed by atoms with Gasteiger partial charge in [-0.1, -0.05) is 18.2 Å². The standard InChI is InChI=1S/C16H18N2OS/c1-12-4-2-3-5-15(12)17-13-6-8-14(9-7-13)18-16(19)10-11-20/h2-9,17,20H,10-11H2,1H3,(H,18,19). The summed E-state index contributed by atoms with van der Waals surface area (Å²) in [5.74, 6) is 0.540. The van der Waals surface area contributed by atoms with Gasteiger partial charge in [0, 0.05) is 23.5 Å². The maximum absolute atomic E-state index is 11.5. The zero-order valence-corrected chi connectivity index (χ0v) is 12.3. The second-order valence-corrected chi connectivity index (χ2v) is 4.99. The Hall–Kier alpha value is -1.94. The van der Waals surface area contributed by atoms with Crippen molar-refractivity contribution in [2.45, 2.75) is 13.3 Å². The molecule has 0 aromatic heterocycles. The van der Waals surface area contributed by atoms with Crippen LogP contribution in [0.4, 0.5) is 17.1 Å². The number of rotatable bonds is 5. The van der Waals surface area contributed by atoms with Crippen LogP contribution in [-0.2, 0) is 4.79 Å². The molecule has 3 nitrogen and oxygen atoms in total. The number of hydrogen-bond acceptors (Lipinski definition) is 3. The van der Waals surface area contributed by atoms with Crippen molar-refractivity contribution in [2.24, 2.45) is 0 Å². The number of carbonyl (C=O) groups excluding carboxylic acids is 1. The molecule has 0 bridgehead atoms. The Morgan fingerprint density at radius 3 is 2.35 bits per heavy atom. The van der Waals surface area contributed by atoms with Gasteiger partial charge in [-0.2, -0.15) is 12.6 Å². The summed E-state index contributed by atoms with van der Waals surface area (Å²) in [5, 5.41) is 6.18. The highest BCUT2D eigenvalue weighted by Gasteiger charge is 2.01. The van der Waals surface area contributed by atoms with Crippen molar-refractivity contribution >= 4 is 35.6 Å². The molecule has 0 saturated carbocycles. The average molecular weight is 286 g/mol. The largest absolute Gasteiger partial charge is 0.355 e. The van der Waals surface area contributed by atoms with Crippen LogP contribution >= 0.6 is 12.6 Å². The maximum atomic E-state index is 11.5. The Kier molecular flexibility index (Phi) is 5.07. The molecule has 0 atom stereocenters. The molecule has 0 aliphatic rings. The monoisotopic (exact) mass is 286 g/mol. The van der Waals surface area contributed by atoms with E-state index in [2.05, 4.69) is 36.3 Å². The zero-order valence-electron chi connectivity index (χ0n) is 11.4. The number of thiol groups is 1. The van der Waals surface area contributed by atoms with Crippen LogP contribution in [0, 0.1) is 6.92 Å². The van der Waals surface area contributed by atoms with E-state index < -0.39 is 0 Å². The fourth-order valence-corrected chi connectivity index (χ4v) is 2.03. The molecule has 2 aromatic carbocycles. The van der Waals surface area contributed by atoms with Crippen LogP contribution in [0.25, 0.3) is 0 Å². The predicted octanol–water partition coefficient (Wildman–Crippen LogP) is 4.00. The molecule has 20 heavy (non-hydrogen) atoms. The third-order valence-corrected chi connectivity index (χ3v) is 3.16. The lowest BCUT2D eigenvalue weighted by molar-refractivity contribution is -0.115. The molecule has 0 aliphatic carbocycles. The van der Waals surface area contributed by atoms with Gasteiger partial charge in [-0.25, -0.2) is 0 Å². The van der Waals surface area contributed by atoms with Gasteiger partial charge in [-0.15, -0.1) is 0 Å². The van der Waals surface area contributed by atoms with E-state index in [4.69, 9.17) is 0 Å². The number of carbonyl (C=O) groups is 1. The number of nitrogens with one attached hydrogen (secondary N) is 2. The topological polar surface area (TPSA) is 41.1 Å². The molecule has 0 saturated heterocycles. The molecule has 0 spiro atoms. The summed E-state index contributed by atoms with van der Waals surface area (Å²) in [7, 11) is 0. The summed E-state index contributed by atoms with van der Waals surface area (Å²) < 4.78 is 0. The number of para-hydroxylation sites is 1. The van der Waals surface area contributed by atoms with E-state index in [1.54, 1.807) is 0 Å². The van der Waals surface area contributed by atoms with Crippen LogP contribution in [0.2, 0.25) is 0 Å². The second-order valence-electron chi connectivity index (χ2n) is 4.54. The summed E-state index contributed by atoms with van der Waals surface area (Å²) in [6.07, 6.45) is 0.423. The van der Waals surface area contributed by atoms with Gasteiger partial charge in [0.05, 0.1) is 0 Å². The molecule has 1 amide bonds. The van der Waals surface area contributed by atoms with E-state index >= 15 is 0 Å². The highest BCUT2D eigenvalue weighted by Crippen LogP contribution is 2.21. The maximum Gasteiger partial charge on any atom is 0.225 e. The van der Waals surface area contributed by atoms with Crippen LogP contribution in [0.15, 0.2) is 48.5 Å². The van der Waals surface area contributed by atoms with Crippen molar-refractivity contribution < 1.29 is 4.79 Å². The van der Waals surface area contributed by atoms with Gasteiger partial charge in [0.15, 0.2) is 0 Å². The van der Waals surface area contributed by atoms with Crippen LogP contribution < -0.4 is 10.6 Å². The van der Waals surface area contributed by atoms with E-state index in [0.717, 1.165) is 17.1 Å². The molecule has 0 aliphatic heterocycles.